The van der Waals surface area contributed by atoms with Crippen LogP contribution < -0.4 is 5.32 Å². The number of esters is 1. The Morgan fingerprint density at radius 2 is 2.00 bits per heavy atom. The molecule has 0 aliphatic carbocycles. The summed E-state index contributed by atoms with van der Waals surface area (Å²) in [7, 11) is 0. The van der Waals surface area contributed by atoms with E-state index in [4.69, 9.17) is 9.15 Å². The van der Waals surface area contributed by atoms with Crippen LogP contribution in [0, 0.1) is 5.82 Å². The third-order valence-electron chi connectivity index (χ3n) is 4.25. The average Bonchev–Trinajstić information content (AvgIpc) is 3.19. The maximum Gasteiger partial charge on any atom is 0.308 e. The molecule has 3 aromatic rings. The van der Waals surface area contributed by atoms with Crippen molar-refractivity contribution in [2.24, 2.45) is 0 Å². The number of hydrogen-bond acceptors (Lipinski definition) is 7. The van der Waals surface area contributed by atoms with Crippen molar-refractivity contribution in [1.29, 1.82) is 0 Å². The summed E-state index contributed by atoms with van der Waals surface area (Å²) in [5, 5.41) is 10.00. The van der Waals surface area contributed by atoms with Crippen molar-refractivity contribution < 1.29 is 23.1 Å². The van der Waals surface area contributed by atoms with Gasteiger partial charge in [-0.05, 0) is 43.3 Å². The number of nitrogens with zero attached hydrogens (tertiary/aromatic N) is 2. The molecule has 2 atom stereocenters. The first-order chi connectivity index (χ1) is 14.0. The van der Waals surface area contributed by atoms with Gasteiger partial charge in [-0.3, -0.25) is 9.59 Å². The molecule has 7 nitrogen and oxygen atoms in total. The first kappa shape index (κ1) is 19.1. The van der Waals surface area contributed by atoms with E-state index in [1.165, 1.54) is 36.0 Å². The van der Waals surface area contributed by atoms with Crippen molar-refractivity contribution in [2.45, 2.75) is 29.6 Å². The molecule has 29 heavy (non-hydrogen) atoms. The van der Waals surface area contributed by atoms with E-state index in [9.17, 15) is 14.0 Å². The molecule has 9 heteroatoms. The first-order valence-corrected chi connectivity index (χ1v) is 9.73. The van der Waals surface area contributed by atoms with Crippen LogP contribution in [0.4, 0.5) is 10.1 Å². The number of amides is 1. The Kier molecular flexibility index (Phi) is 5.30. The summed E-state index contributed by atoms with van der Waals surface area (Å²) in [6.45, 7) is 1.60. The number of nitrogens with one attached hydrogen (secondary N) is 1. The molecule has 0 saturated heterocycles. The van der Waals surface area contributed by atoms with E-state index in [2.05, 4.69) is 15.5 Å². The van der Waals surface area contributed by atoms with Gasteiger partial charge in [0.25, 0.3) is 5.89 Å². The lowest BCUT2D eigenvalue weighted by molar-refractivity contribution is -0.150. The molecule has 2 aromatic carbocycles. The number of carbonyl (C=O) groups is 2. The number of anilines is 1. The van der Waals surface area contributed by atoms with Crippen molar-refractivity contribution in [2.75, 3.05) is 5.32 Å². The predicted octanol–water partition coefficient (Wildman–Crippen LogP) is 3.98. The number of halogens is 1. The maximum absolute atomic E-state index is 13.0. The highest BCUT2D eigenvalue weighted by molar-refractivity contribution is 8.01. The topological polar surface area (TPSA) is 94.3 Å². The Morgan fingerprint density at radius 1 is 1.24 bits per heavy atom. The molecule has 1 N–H and O–H groups in total. The van der Waals surface area contributed by atoms with E-state index >= 15 is 0 Å². The highest BCUT2D eigenvalue weighted by atomic mass is 32.2. The minimum Gasteiger partial charge on any atom is -0.453 e. The molecular weight excluding hydrogens is 397 g/mol. The van der Waals surface area contributed by atoms with Crippen molar-refractivity contribution in [3.63, 3.8) is 0 Å². The lowest BCUT2D eigenvalue weighted by atomic mass is 10.2. The molecule has 0 spiro atoms. The molecule has 1 aliphatic heterocycles. The van der Waals surface area contributed by atoms with Gasteiger partial charge < -0.3 is 14.5 Å². The van der Waals surface area contributed by atoms with Gasteiger partial charge in [-0.25, -0.2) is 4.39 Å². The Morgan fingerprint density at radius 3 is 2.79 bits per heavy atom. The van der Waals surface area contributed by atoms with Gasteiger partial charge in [-0.15, -0.1) is 22.0 Å². The molecule has 0 bridgehead atoms. The molecule has 4 rings (SSSR count). The molecule has 1 aromatic heterocycles. The minimum atomic E-state index is -0.784. The Labute approximate surface area is 169 Å². The number of carbonyl (C=O) groups excluding carboxylic acids is 2. The number of rotatable bonds is 5. The number of thioether (sulfide) groups is 1. The van der Waals surface area contributed by atoms with Crippen LogP contribution in [0.1, 0.15) is 25.3 Å². The van der Waals surface area contributed by atoms with Crippen molar-refractivity contribution >= 4 is 29.3 Å². The second-order valence-corrected chi connectivity index (χ2v) is 7.63. The van der Waals surface area contributed by atoms with Crippen LogP contribution in [-0.4, -0.2) is 27.3 Å². The molecule has 0 fully saturated rings. The Bertz CT molecular complexity index is 1050. The van der Waals surface area contributed by atoms with E-state index in [-0.39, 0.29) is 29.9 Å². The highest BCUT2D eigenvalue weighted by Gasteiger charge is 2.30. The van der Waals surface area contributed by atoms with Gasteiger partial charge in [0, 0.05) is 10.5 Å². The van der Waals surface area contributed by atoms with Gasteiger partial charge in [0.05, 0.1) is 17.4 Å². The number of ether oxygens (including phenoxy) is 1. The number of fused-ring (bicyclic) bond motifs is 1. The van der Waals surface area contributed by atoms with Gasteiger partial charge in [0.1, 0.15) is 5.82 Å². The van der Waals surface area contributed by atoms with E-state index in [1.807, 2.05) is 24.3 Å². The monoisotopic (exact) mass is 413 g/mol. The molecule has 0 saturated carbocycles. The molecule has 148 valence electrons. The van der Waals surface area contributed by atoms with Gasteiger partial charge in [-0.1, -0.05) is 12.1 Å². The van der Waals surface area contributed by atoms with E-state index < -0.39 is 17.3 Å². The van der Waals surface area contributed by atoms with Crippen LogP contribution >= 0.6 is 11.8 Å². The normalized spacial score (nSPS) is 16.6. The summed E-state index contributed by atoms with van der Waals surface area (Å²) < 4.78 is 23.9. The smallest absolute Gasteiger partial charge is 0.308 e. The first-order valence-electron chi connectivity index (χ1n) is 8.85. The lowest BCUT2D eigenvalue weighted by Crippen LogP contribution is -2.31. The fraction of sp³-hybridized carbons (Fsp3) is 0.200. The molecule has 0 radical (unpaired) electrons. The van der Waals surface area contributed by atoms with Crippen molar-refractivity contribution in [3.8, 4) is 11.5 Å². The summed E-state index contributed by atoms with van der Waals surface area (Å²) >= 11 is 1.32. The van der Waals surface area contributed by atoms with Gasteiger partial charge in [-0.2, -0.15) is 0 Å². The largest absolute Gasteiger partial charge is 0.453 e. The van der Waals surface area contributed by atoms with E-state index in [0.29, 0.717) is 5.56 Å². The molecule has 1 amide bonds. The molecular formula is C20H16FN3O4S. The van der Waals surface area contributed by atoms with E-state index in [0.717, 1.165) is 10.6 Å². The Balaban J connectivity index is 1.38. The van der Waals surface area contributed by atoms with Crippen LogP contribution in [-0.2, 0) is 14.3 Å². The summed E-state index contributed by atoms with van der Waals surface area (Å²) in [4.78, 5) is 25.4. The Hall–Kier alpha value is -3.20. The average molecular weight is 413 g/mol. The third-order valence-corrected chi connectivity index (χ3v) is 5.52. The third kappa shape index (κ3) is 4.29. The SMILES string of the molecule is C[C@H](OC(=O)C[C@@H]1Sc2ccccc2NC1=O)c1nnc(-c2ccc(F)cc2)o1. The van der Waals surface area contributed by atoms with Crippen LogP contribution in [0.2, 0.25) is 0 Å². The number of benzene rings is 2. The second kappa shape index (κ2) is 8.04. The zero-order valence-electron chi connectivity index (χ0n) is 15.3. The minimum absolute atomic E-state index is 0.0892. The van der Waals surface area contributed by atoms with Crippen molar-refractivity contribution in [1.82, 2.24) is 10.2 Å². The van der Waals surface area contributed by atoms with Crippen LogP contribution in [0.3, 0.4) is 0 Å². The van der Waals surface area contributed by atoms with Crippen molar-refractivity contribution in [3.05, 3.63) is 60.2 Å². The predicted molar refractivity (Wildman–Crippen MR) is 104 cm³/mol. The second-order valence-electron chi connectivity index (χ2n) is 6.38. The fourth-order valence-electron chi connectivity index (χ4n) is 2.78. The summed E-state index contributed by atoms with van der Waals surface area (Å²) in [5.74, 6) is -0.853. The molecule has 1 aliphatic rings. The van der Waals surface area contributed by atoms with Gasteiger partial charge in [0.2, 0.25) is 11.8 Å². The number of hydrogen-bond donors (Lipinski definition) is 1. The summed E-state index contributed by atoms with van der Waals surface area (Å²) in [6.07, 6.45) is -0.873. The van der Waals surface area contributed by atoms with Crippen LogP contribution in [0.15, 0.2) is 57.8 Å². The van der Waals surface area contributed by atoms with E-state index in [1.54, 1.807) is 6.92 Å². The standard InChI is InChI=1S/C20H16FN3O4S/c1-11(19-23-24-20(28-19)12-6-8-13(21)9-7-12)27-17(25)10-16-18(26)22-14-4-2-3-5-15(14)29-16/h2-9,11,16H,10H2,1H3,(H,22,26)/t11-,16-/m0/s1. The van der Waals surface area contributed by atoms with Crippen LogP contribution in [0.5, 0.6) is 0 Å². The highest BCUT2D eigenvalue weighted by Crippen LogP contribution is 2.37. The summed E-state index contributed by atoms with van der Waals surface area (Å²) in [5.41, 5.74) is 1.29. The summed E-state index contributed by atoms with van der Waals surface area (Å²) in [6, 6.07) is 13.0. The lowest BCUT2D eigenvalue weighted by Gasteiger charge is -2.23. The number of aromatic nitrogens is 2. The van der Waals surface area contributed by atoms with Gasteiger partial charge in [0.15, 0.2) is 6.10 Å². The van der Waals surface area contributed by atoms with Gasteiger partial charge >= 0.3 is 5.97 Å². The fourth-order valence-corrected chi connectivity index (χ4v) is 3.88. The quantitative estimate of drug-likeness (QED) is 0.632. The molecule has 0 unspecified atom stereocenters. The van der Waals surface area contributed by atoms with Crippen LogP contribution in [0.25, 0.3) is 11.5 Å². The molecule has 2 heterocycles. The zero-order valence-corrected chi connectivity index (χ0v) is 16.1. The zero-order chi connectivity index (χ0) is 20.4. The number of para-hydroxylation sites is 1. The maximum atomic E-state index is 13.0.